The van der Waals surface area contributed by atoms with Gasteiger partial charge >= 0.3 is 5.97 Å². The molecular formula is C21H19BrN2O4S. The van der Waals surface area contributed by atoms with Crippen LogP contribution in [0.5, 0.6) is 5.75 Å². The molecule has 0 unspecified atom stereocenters. The van der Waals surface area contributed by atoms with Gasteiger partial charge in [0.15, 0.2) is 5.17 Å². The van der Waals surface area contributed by atoms with E-state index in [4.69, 9.17) is 9.84 Å². The molecule has 6 nitrogen and oxygen atoms in total. The molecule has 1 N–H and O–H groups in total. The lowest BCUT2D eigenvalue weighted by Gasteiger charge is -2.12. The van der Waals surface area contributed by atoms with E-state index >= 15 is 0 Å². The van der Waals surface area contributed by atoms with Gasteiger partial charge < -0.3 is 9.84 Å². The van der Waals surface area contributed by atoms with Crippen molar-refractivity contribution in [3.63, 3.8) is 0 Å². The van der Waals surface area contributed by atoms with Crippen LogP contribution in [0.2, 0.25) is 0 Å². The zero-order valence-corrected chi connectivity index (χ0v) is 18.3. The number of aromatic carboxylic acids is 1. The quantitative estimate of drug-likeness (QED) is 0.584. The number of hydrogen-bond donors (Lipinski definition) is 1. The van der Waals surface area contributed by atoms with Gasteiger partial charge in [0.1, 0.15) is 5.75 Å². The maximum absolute atomic E-state index is 12.8. The average molecular weight is 475 g/mol. The Kier molecular flexibility index (Phi) is 6.76. The number of rotatable bonds is 6. The Hall–Kier alpha value is -2.58. The van der Waals surface area contributed by atoms with E-state index in [9.17, 15) is 9.59 Å². The molecule has 29 heavy (non-hydrogen) atoms. The van der Waals surface area contributed by atoms with Crippen molar-refractivity contribution >= 4 is 56.5 Å². The number of hydrogen-bond acceptors (Lipinski definition) is 5. The summed E-state index contributed by atoms with van der Waals surface area (Å²) in [6.45, 7) is 4.83. The highest BCUT2D eigenvalue weighted by Crippen LogP contribution is 2.35. The van der Waals surface area contributed by atoms with Gasteiger partial charge in [-0.1, -0.05) is 12.1 Å². The molecule has 0 aliphatic carbocycles. The number of amides is 1. The third-order valence-electron chi connectivity index (χ3n) is 4.08. The normalized spacial score (nSPS) is 16.7. The first-order valence-corrected chi connectivity index (χ1v) is 10.6. The number of halogens is 1. The minimum Gasteiger partial charge on any atom is -0.493 e. The van der Waals surface area contributed by atoms with Crippen LogP contribution >= 0.6 is 27.7 Å². The zero-order chi connectivity index (χ0) is 21.0. The highest BCUT2D eigenvalue weighted by molar-refractivity contribution is 9.10. The van der Waals surface area contributed by atoms with E-state index in [1.165, 1.54) is 23.9 Å². The summed E-state index contributed by atoms with van der Waals surface area (Å²) in [5.41, 5.74) is 1.50. The summed E-state index contributed by atoms with van der Waals surface area (Å²) < 4.78 is 6.33. The second-order valence-corrected chi connectivity index (χ2v) is 7.90. The zero-order valence-electron chi connectivity index (χ0n) is 15.9. The minimum absolute atomic E-state index is 0.129. The number of carbonyl (C=O) groups is 2. The molecule has 8 heteroatoms. The summed E-state index contributed by atoms with van der Waals surface area (Å²) in [5.74, 6) is -0.400. The number of carbonyl (C=O) groups excluding carboxylic acids is 1. The standard InChI is InChI=1S/C21H19BrN2O4S/c1-3-24-19(25)18(11-13-8-9-17(28-4-2)16(22)10-13)29-21(24)23-15-7-5-6-14(12-15)20(26)27/h5-12H,3-4H2,1-2H3,(H,26,27)/b18-11+,23-21?. The number of likely N-dealkylation sites (N-methyl/N-ethyl adjacent to an activating group) is 1. The lowest BCUT2D eigenvalue weighted by atomic mass is 10.2. The Labute approximate surface area is 181 Å². The predicted molar refractivity (Wildman–Crippen MR) is 119 cm³/mol. The van der Waals surface area contributed by atoms with Gasteiger partial charge in [0.2, 0.25) is 0 Å². The molecular weight excluding hydrogens is 456 g/mol. The molecule has 0 bridgehead atoms. The Morgan fingerprint density at radius 2 is 2.07 bits per heavy atom. The number of carboxylic acid groups (broad SMARTS) is 1. The van der Waals surface area contributed by atoms with Crippen LogP contribution in [0.15, 0.2) is 56.8 Å². The number of ether oxygens (including phenoxy) is 1. The fourth-order valence-corrected chi connectivity index (χ4v) is 4.29. The van der Waals surface area contributed by atoms with Gasteiger partial charge in [0.25, 0.3) is 5.91 Å². The number of benzene rings is 2. The lowest BCUT2D eigenvalue weighted by Crippen LogP contribution is -2.28. The van der Waals surface area contributed by atoms with Crippen molar-refractivity contribution in [2.45, 2.75) is 13.8 Å². The molecule has 0 radical (unpaired) electrons. The van der Waals surface area contributed by atoms with Gasteiger partial charge in [-0.15, -0.1) is 0 Å². The van der Waals surface area contributed by atoms with E-state index in [-0.39, 0.29) is 11.5 Å². The molecule has 1 aliphatic rings. The molecule has 0 saturated carbocycles. The molecule has 2 aromatic rings. The highest BCUT2D eigenvalue weighted by atomic mass is 79.9. The largest absolute Gasteiger partial charge is 0.493 e. The second kappa shape index (κ2) is 9.28. The molecule has 0 aromatic heterocycles. The van der Waals surface area contributed by atoms with Gasteiger partial charge in [-0.25, -0.2) is 9.79 Å². The number of thioether (sulfide) groups is 1. The predicted octanol–water partition coefficient (Wildman–Crippen LogP) is 5.17. The summed E-state index contributed by atoms with van der Waals surface area (Å²) in [7, 11) is 0. The van der Waals surface area contributed by atoms with Gasteiger partial charge in [-0.2, -0.15) is 0 Å². The molecule has 0 spiro atoms. The van der Waals surface area contributed by atoms with Crippen LogP contribution in [0.25, 0.3) is 6.08 Å². The van der Waals surface area contributed by atoms with Crippen molar-refractivity contribution in [2.24, 2.45) is 4.99 Å². The molecule has 1 fully saturated rings. The summed E-state index contributed by atoms with van der Waals surface area (Å²) in [5, 5.41) is 9.68. The smallest absolute Gasteiger partial charge is 0.335 e. The third kappa shape index (κ3) is 4.89. The van der Waals surface area contributed by atoms with Crippen LogP contribution in [0.3, 0.4) is 0 Å². The Morgan fingerprint density at radius 1 is 1.28 bits per heavy atom. The van der Waals surface area contributed by atoms with Gasteiger partial charge in [0.05, 0.1) is 27.2 Å². The van der Waals surface area contributed by atoms with E-state index < -0.39 is 5.97 Å². The first kappa shape index (κ1) is 21.1. The second-order valence-electron chi connectivity index (χ2n) is 6.03. The Bertz CT molecular complexity index is 1020. The van der Waals surface area contributed by atoms with Crippen LogP contribution in [-0.4, -0.2) is 40.2 Å². The first-order chi connectivity index (χ1) is 13.9. The van der Waals surface area contributed by atoms with Crippen molar-refractivity contribution in [3.05, 3.63) is 63.0 Å². The van der Waals surface area contributed by atoms with E-state index in [0.29, 0.717) is 28.9 Å². The number of nitrogens with zero attached hydrogens (tertiary/aromatic N) is 2. The van der Waals surface area contributed by atoms with Crippen molar-refractivity contribution in [1.82, 2.24) is 4.90 Å². The van der Waals surface area contributed by atoms with Crippen molar-refractivity contribution < 1.29 is 19.4 Å². The van der Waals surface area contributed by atoms with Crippen LogP contribution in [0, 0.1) is 0 Å². The van der Waals surface area contributed by atoms with Gasteiger partial charge in [0, 0.05) is 6.54 Å². The monoisotopic (exact) mass is 474 g/mol. The molecule has 3 rings (SSSR count). The van der Waals surface area contributed by atoms with E-state index in [1.807, 2.05) is 38.1 Å². The van der Waals surface area contributed by atoms with Crippen LogP contribution in [-0.2, 0) is 4.79 Å². The molecule has 150 valence electrons. The maximum Gasteiger partial charge on any atom is 0.335 e. The molecule has 1 amide bonds. The number of aliphatic imine (C=N–C) groups is 1. The Morgan fingerprint density at radius 3 is 2.72 bits per heavy atom. The van der Waals surface area contributed by atoms with Gasteiger partial charge in [-0.3, -0.25) is 9.69 Å². The molecule has 1 heterocycles. The summed E-state index contributed by atoms with van der Waals surface area (Å²) >= 11 is 4.75. The molecule has 1 saturated heterocycles. The first-order valence-electron chi connectivity index (χ1n) is 8.98. The maximum atomic E-state index is 12.8. The minimum atomic E-state index is -1.02. The summed E-state index contributed by atoms with van der Waals surface area (Å²) in [6, 6.07) is 12.0. The SMILES string of the molecule is CCOc1ccc(/C=C2/SC(=Nc3cccc(C(=O)O)c3)N(CC)C2=O)cc1Br. The highest BCUT2D eigenvalue weighted by Gasteiger charge is 2.32. The lowest BCUT2D eigenvalue weighted by molar-refractivity contribution is -0.122. The van der Waals surface area contributed by atoms with Crippen LogP contribution in [0.4, 0.5) is 5.69 Å². The fourth-order valence-electron chi connectivity index (χ4n) is 2.72. The van der Waals surface area contributed by atoms with Crippen LogP contribution < -0.4 is 4.74 Å². The fraction of sp³-hybridized carbons (Fsp3) is 0.190. The molecule has 1 aliphatic heterocycles. The Balaban J connectivity index is 1.91. The summed E-state index contributed by atoms with van der Waals surface area (Å²) in [6.07, 6.45) is 1.81. The number of carboxylic acids is 1. The average Bonchev–Trinajstić information content (AvgIpc) is 2.98. The third-order valence-corrected chi connectivity index (χ3v) is 5.70. The number of amidine groups is 1. The summed E-state index contributed by atoms with van der Waals surface area (Å²) in [4.78, 5) is 30.6. The van der Waals surface area contributed by atoms with Crippen molar-refractivity contribution in [3.8, 4) is 5.75 Å². The molecule has 0 atom stereocenters. The van der Waals surface area contributed by atoms with E-state index in [1.54, 1.807) is 17.0 Å². The van der Waals surface area contributed by atoms with Crippen molar-refractivity contribution in [2.75, 3.05) is 13.2 Å². The van der Waals surface area contributed by atoms with Gasteiger partial charge in [-0.05, 0) is 83.5 Å². The van der Waals surface area contributed by atoms with E-state index in [2.05, 4.69) is 20.9 Å². The van der Waals surface area contributed by atoms with Crippen LogP contribution in [0.1, 0.15) is 29.8 Å². The molecule has 2 aromatic carbocycles. The van der Waals surface area contributed by atoms with Crippen molar-refractivity contribution in [1.29, 1.82) is 0 Å². The topological polar surface area (TPSA) is 79.2 Å². The van der Waals surface area contributed by atoms with E-state index in [0.717, 1.165) is 15.8 Å².